The first-order valence-corrected chi connectivity index (χ1v) is 22.2. The van der Waals surface area contributed by atoms with Gasteiger partial charge >= 0.3 is 0 Å². The normalized spacial score (nSPS) is 16.1. The molecule has 1 aliphatic heterocycles. The molecule has 0 bridgehead atoms. The summed E-state index contributed by atoms with van der Waals surface area (Å²) in [4.78, 5) is 4.98. The zero-order valence-electron chi connectivity index (χ0n) is 35.5. The largest absolute Gasteiger partial charge is 0.333 e. The van der Waals surface area contributed by atoms with Crippen molar-refractivity contribution in [1.29, 1.82) is 0 Å². The number of hydrogen-bond donors (Lipinski definition) is 0. The fraction of sp³-hybridized carbons (Fsp3) is 0.0820. The summed E-state index contributed by atoms with van der Waals surface area (Å²) < 4.78 is 0. The minimum absolute atomic E-state index is 0.100. The topological polar surface area (TPSA) is 6.48 Å². The van der Waals surface area contributed by atoms with Crippen LogP contribution in [0.15, 0.2) is 218 Å². The Morgan fingerprint density at radius 3 is 1.63 bits per heavy atom. The molecule has 2 aliphatic carbocycles. The highest BCUT2D eigenvalue weighted by Crippen LogP contribution is 2.54. The number of benzene rings is 9. The number of rotatable bonds is 7. The summed E-state index contributed by atoms with van der Waals surface area (Å²) in [5.41, 5.74) is 19.8. The molecule has 9 aromatic carbocycles. The lowest BCUT2D eigenvalue weighted by atomic mass is 9.82. The van der Waals surface area contributed by atoms with E-state index in [1.54, 1.807) is 0 Å². The molecule has 0 spiro atoms. The van der Waals surface area contributed by atoms with Gasteiger partial charge in [0, 0.05) is 39.6 Å². The first-order valence-electron chi connectivity index (χ1n) is 22.2. The smallest absolute Gasteiger partial charge is 0.0635 e. The highest BCUT2D eigenvalue weighted by atomic mass is 15.2. The summed E-state index contributed by atoms with van der Waals surface area (Å²) >= 11 is 0. The molecular weight excluding hydrogens is 761 g/mol. The van der Waals surface area contributed by atoms with Crippen molar-refractivity contribution in [1.82, 2.24) is 0 Å². The summed E-state index contributed by atoms with van der Waals surface area (Å²) in [6.45, 7) is 4.71. The molecule has 0 fully saturated rings. The average Bonchev–Trinajstić information content (AvgIpc) is 3.79. The maximum atomic E-state index is 2.53. The minimum Gasteiger partial charge on any atom is -0.333 e. The number of fused-ring (bicyclic) bond motifs is 7. The Morgan fingerprint density at radius 1 is 0.413 bits per heavy atom. The van der Waals surface area contributed by atoms with Gasteiger partial charge in [-0.3, -0.25) is 0 Å². The van der Waals surface area contributed by atoms with Crippen molar-refractivity contribution >= 4 is 40.6 Å². The third kappa shape index (κ3) is 6.09. The molecule has 2 unspecified atom stereocenters. The Balaban J connectivity index is 0.913. The second kappa shape index (κ2) is 14.8. The molecule has 0 N–H and O–H groups in total. The molecule has 2 nitrogen and oxygen atoms in total. The fourth-order valence-corrected chi connectivity index (χ4v) is 10.7. The SMILES string of the molecule is CC1(C)c2ccccc2-c2c(N(c3ccc(-c4ccccc4)cc3)c3ccc(-c4ccccc4-c4ccc(N5c6ccccc6C6C=c7ccccc7=CC65)cc4)cc3)cccc21. The first kappa shape index (κ1) is 37.1. The van der Waals surface area contributed by atoms with Gasteiger partial charge in [-0.05, 0) is 115 Å². The summed E-state index contributed by atoms with van der Waals surface area (Å²) in [6.07, 6.45) is 4.92. The Kier molecular flexibility index (Phi) is 8.69. The van der Waals surface area contributed by atoms with Crippen LogP contribution in [0.5, 0.6) is 0 Å². The molecular formula is C61H46N2. The van der Waals surface area contributed by atoms with Crippen molar-refractivity contribution < 1.29 is 0 Å². The van der Waals surface area contributed by atoms with Gasteiger partial charge in [0.25, 0.3) is 0 Å². The van der Waals surface area contributed by atoms with E-state index in [4.69, 9.17) is 0 Å². The Bertz CT molecular complexity index is 3310. The molecule has 0 radical (unpaired) electrons. The third-order valence-corrected chi connectivity index (χ3v) is 13.8. The monoisotopic (exact) mass is 806 g/mol. The Hall–Kier alpha value is -7.68. The van der Waals surface area contributed by atoms with Crippen LogP contribution in [-0.4, -0.2) is 6.04 Å². The van der Waals surface area contributed by atoms with Gasteiger partial charge in [0.1, 0.15) is 0 Å². The van der Waals surface area contributed by atoms with E-state index in [0.29, 0.717) is 5.92 Å². The van der Waals surface area contributed by atoms with Crippen LogP contribution in [-0.2, 0) is 5.41 Å². The van der Waals surface area contributed by atoms with E-state index in [-0.39, 0.29) is 11.5 Å². The van der Waals surface area contributed by atoms with Gasteiger partial charge in [0.15, 0.2) is 0 Å². The Morgan fingerprint density at radius 2 is 0.937 bits per heavy atom. The third-order valence-electron chi connectivity index (χ3n) is 13.8. The highest BCUT2D eigenvalue weighted by Gasteiger charge is 2.39. The number of nitrogens with zero attached hydrogens (tertiary/aromatic N) is 2. The van der Waals surface area contributed by atoms with E-state index in [1.165, 1.54) is 88.7 Å². The van der Waals surface area contributed by atoms with Gasteiger partial charge in [0.2, 0.25) is 0 Å². The molecule has 0 saturated carbocycles. The molecule has 63 heavy (non-hydrogen) atoms. The van der Waals surface area contributed by atoms with Gasteiger partial charge in [-0.25, -0.2) is 0 Å². The average molecular weight is 807 g/mol. The van der Waals surface area contributed by atoms with Crippen LogP contribution in [0, 0.1) is 0 Å². The molecule has 300 valence electrons. The van der Waals surface area contributed by atoms with Gasteiger partial charge in [-0.15, -0.1) is 0 Å². The van der Waals surface area contributed by atoms with E-state index >= 15 is 0 Å². The molecule has 1 heterocycles. The molecule has 0 amide bonds. The van der Waals surface area contributed by atoms with Crippen LogP contribution in [0.3, 0.4) is 0 Å². The van der Waals surface area contributed by atoms with Gasteiger partial charge in [0.05, 0.1) is 11.7 Å². The number of anilines is 5. The van der Waals surface area contributed by atoms with Crippen LogP contribution in [0.2, 0.25) is 0 Å². The summed E-state index contributed by atoms with van der Waals surface area (Å²) in [6, 6.07) is 80.6. The molecule has 2 atom stereocenters. The van der Waals surface area contributed by atoms with Gasteiger partial charge in [-0.2, -0.15) is 0 Å². The van der Waals surface area contributed by atoms with Crippen molar-refractivity contribution in [2.45, 2.75) is 31.2 Å². The standard InChI is InChI=1S/C61H46N2/c1-61(2)55-23-12-10-22-53(55)60-56(61)24-14-26-58(60)62(47-33-27-42(28-34-47)41-15-4-3-5-16-41)48-35-29-43(30-36-48)50-19-8-9-20-51(50)44-31-37-49(38-32-44)63-57-25-13-11-21-52(57)54-39-45-17-6-7-18-46(45)40-59(54)63/h3-40,54,59H,1-2H3. The van der Waals surface area contributed by atoms with Gasteiger partial charge in [-0.1, -0.05) is 196 Å². The predicted molar refractivity (Wildman–Crippen MR) is 265 cm³/mol. The van der Waals surface area contributed by atoms with Crippen molar-refractivity contribution in [3.05, 3.63) is 246 Å². The predicted octanol–water partition coefficient (Wildman–Crippen LogP) is 14.3. The maximum absolute atomic E-state index is 2.53. The maximum Gasteiger partial charge on any atom is 0.0635 e. The van der Waals surface area contributed by atoms with Gasteiger partial charge < -0.3 is 9.80 Å². The van der Waals surface area contributed by atoms with E-state index in [1.807, 2.05) is 0 Å². The van der Waals surface area contributed by atoms with E-state index in [0.717, 1.165) is 11.4 Å². The first-order chi connectivity index (χ1) is 31.0. The lowest BCUT2D eigenvalue weighted by molar-refractivity contribution is 0.660. The summed E-state index contributed by atoms with van der Waals surface area (Å²) in [7, 11) is 0. The second-order valence-electron chi connectivity index (χ2n) is 17.7. The lowest BCUT2D eigenvalue weighted by Crippen LogP contribution is -2.38. The second-order valence-corrected chi connectivity index (χ2v) is 17.7. The van der Waals surface area contributed by atoms with E-state index in [9.17, 15) is 0 Å². The quantitative estimate of drug-likeness (QED) is 0.158. The molecule has 12 rings (SSSR count). The molecule has 2 heteroatoms. The van der Waals surface area contributed by atoms with Crippen molar-refractivity contribution in [3.63, 3.8) is 0 Å². The number of hydrogen-bond acceptors (Lipinski definition) is 2. The Labute approximate surface area is 370 Å². The molecule has 0 aromatic heterocycles. The highest BCUT2D eigenvalue weighted by molar-refractivity contribution is 5.96. The van der Waals surface area contributed by atoms with Crippen molar-refractivity contribution in [3.8, 4) is 44.5 Å². The summed E-state index contributed by atoms with van der Waals surface area (Å²) in [5, 5.41) is 2.62. The van der Waals surface area contributed by atoms with Crippen LogP contribution in [0.4, 0.5) is 28.4 Å². The van der Waals surface area contributed by atoms with Crippen molar-refractivity contribution in [2.24, 2.45) is 0 Å². The van der Waals surface area contributed by atoms with E-state index in [2.05, 4.69) is 254 Å². The van der Waals surface area contributed by atoms with Crippen LogP contribution >= 0.6 is 0 Å². The van der Waals surface area contributed by atoms with Crippen LogP contribution in [0.1, 0.15) is 36.5 Å². The fourth-order valence-electron chi connectivity index (χ4n) is 10.7. The molecule has 0 saturated heterocycles. The zero-order valence-corrected chi connectivity index (χ0v) is 35.5. The minimum atomic E-state index is -0.100. The lowest BCUT2D eigenvalue weighted by Gasteiger charge is -2.29. The van der Waals surface area contributed by atoms with Crippen molar-refractivity contribution in [2.75, 3.05) is 9.80 Å². The van der Waals surface area contributed by atoms with E-state index < -0.39 is 0 Å². The molecule has 9 aromatic rings. The zero-order chi connectivity index (χ0) is 42.1. The van der Waals surface area contributed by atoms with Crippen LogP contribution < -0.4 is 20.2 Å². The molecule has 3 aliphatic rings. The van der Waals surface area contributed by atoms with Crippen LogP contribution in [0.25, 0.3) is 56.7 Å². The number of para-hydroxylation sites is 1. The summed E-state index contributed by atoms with van der Waals surface area (Å²) in [5.74, 6) is 0.314.